The van der Waals surface area contributed by atoms with Crippen molar-refractivity contribution in [1.82, 2.24) is 0 Å². The first-order chi connectivity index (χ1) is 3.39. The number of fused-ring (bicyclic) bond motifs is 1. The molecule has 2 rings (SSSR count). The highest BCUT2D eigenvalue weighted by Gasteiger charge is 2.48. The van der Waals surface area contributed by atoms with E-state index in [0.29, 0.717) is 12.0 Å². The maximum Gasteiger partial charge on any atom is 0.0435 e. The van der Waals surface area contributed by atoms with Crippen LogP contribution in [0.25, 0.3) is 0 Å². The Morgan fingerprint density at radius 1 is 1.71 bits per heavy atom. The topological polar surface area (TPSA) is 38.4 Å². The van der Waals surface area contributed by atoms with Gasteiger partial charge in [0.05, 0.1) is 0 Å². The van der Waals surface area contributed by atoms with E-state index >= 15 is 0 Å². The maximum absolute atomic E-state index is 5.58. The number of aliphatic imine (C=N–C) groups is 1. The fourth-order valence-electron chi connectivity index (χ4n) is 1.19. The van der Waals surface area contributed by atoms with Crippen molar-refractivity contribution in [2.75, 3.05) is 6.54 Å². The molecule has 38 valence electrons. The number of rotatable bonds is 0. The molecular weight excluding hydrogens is 88.1 g/mol. The number of nitrogens with zero attached hydrogens (tertiary/aromatic N) is 1. The summed E-state index contributed by atoms with van der Waals surface area (Å²) in [5.74, 6) is 1.40. The first-order valence-electron chi connectivity index (χ1n) is 2.65. The summed E-state index contributed by atoms with van der Waals surface area (Å²) in [5, 5.41) is 0. The van der Waals surface area contributed by atoms with E-state index in [1.807, 2.05) is 6.21 Å². The van der Waals surface area contributed by atoms with Crippen molar-refractivity contribution in [3.63, 3.8) is 0 Å². The van der Waals surface area contributed by atoms with E-state index < -0.39 is 0 Å². The molecule has 0 aromatic carbocycles. The molecule has 1 saturated carbocycles. The van der Waals surface area contributed by atoms with Crippen LogP contribution in [-0.2, 0) is 0 Å². The van der Waals surface area contributed by atoms with Crippen molar-refractivity contribution in [1.29, 1.82) is 0 Å². The minimum absolute atomic E-state index is 0.470. The van der Waals surface area contributed by atoms with E-state index in [4.69, 9.17) is 5.73 Å². The van der Waals surface area contributed by atoms with Gasteiger partial charge in [-0.25, -0.2) is 0 Å². The first kappa shape index (κ1) is 3.61. The number of hydrogen-bond donors (Lipinski definition) is 1. The quantitative estimate of drug-likeness (QED) is 0.439. The van der Waals surface area contributed by atoms with Gasteiger partial charge in [-0.2, -0.15) is 0 Å². The van der Waals surface area contributed by atoms with Crippen molar-refractivity contribution < 1.29 is 0 Å². The van der Waals surface area contributed by atoms with Crippen LogP contribution in [0.5, 0.6) is 0 Å². The van der Waals surface area contributed by atoms with Crippen molar-refractivity contribution in [2.45, 2.75) is 6.04 Å². The van der Waals surface area contributed by atoms with Gasteiger partial charge in [0.1, 0.15) is 0 Å². The largest absolute Gasteiger partial charge is 0.327 e. The Morgan fingerprint density at radius 2 is 2.57 bits per heavy atom. The van der Waals surface area contributed by atoms with Crippen LogP contribution in [0.1, 0.15) is 0 Å². The summed E-state index contributed by atoms with van der Waals surface area (Å²) in [4.78, 5) is 4.06. The van der Waals surface area contributed by atoms with Gasteiger partial charge in [-0.3, -0.25) is 4.99 Å². The van der Waals surface area contributed by atoms with E-state index in [1.54, 1.807) is 0 Å². The van der Waals surface area contributed by atoms with Crippen LogP contribution in [-0.4, -0.2) is 18.8 Å². The molecule has 2 heteroatoms. The molecule has 0 bridgehead atoms. The van der Waals surface area contributed by atoms with Crippen molar-refractivity contribution in [3.8, 4) is 0 Å². The van der Waals surface area contributed by atoms with E-state index in [0.717, 1.165) is 12.5 Å². The van der Waals surface area contributed by atoms with Crippen molar-refractivity contribution >= 4 is 6.21 Å². The lowest BCUT2D eigenvalue weighted by Crippen LogP contribution is -2.06. The van der Waals surface area contributed by atoms with Gasteiger partial charge in [0.15, 0.2) is 0 Å². The highest BCUT2D eigenvalue weighted by molar-refractivity contribution is 5.69. The molecule has 0 aromatic rings. The smallest absolute Gasteiger partial charge is 0.0435 e. The van der Waals surface area contributed by atoms with Gasteiger partial charge in [0.2, 0.25) is 0 Å². The summed E-state index contributed by atoms with van der Waals surface area (Å²) in [6, 6.07) is 0.470. The molecule has 1 heterocycles. The molecule has 0 saturated heterocycles. The zero-order chi connectivity index (χ0) is 4.85. The van der Waals surface area contributed by atoms with E-state index in [-0.39, 0.29) is 0 Å². The number of hydrogen-bond acceptors (Lipinski definition) is 2. The SMILES string of the molecule is NC1[C@H]2CN=C[C@@H]12. The zero-order valence-electron chi connectivity index (χ0n) is 4.04. The predicted molar refractivity (Wildman–Crippen MR) is 28.3 cm³/mol. The fraction of sp³-hybridized carbons (Fsp3) is 0.800. The minimum atomic E-state index is 0.470. The molecule has 0 aromatic heterocycles. The fourth-order valence-corrected chi connectivity index (χ4v) is 1.19. The third-order valence-electron chi connectivity index (χ3n) is 1.89. The molecule has 0 radical (unpaired) electrons. The van der Waals surface area contributed by atoms with E-state index in [1.165, 1.54) is 0 Å². The summed E-state index contributed by atoms with van der Waals surface area (Å²) < 4.78 is 0. The Balaban J connectivity index is 2.18. The van der Waals surface area contributed by atoms with Crippen LogP contribution in [0.4, 0.5) is 0 Å². The second-order valence-corrected chi connectivity index (χ2v) is 2.33. The molecular formula is C5H8N2. The Bertz CT molecular complexity index is 119. The summed E-state index contributed by atoms with van der Waals surface area (Å²) in [6.07, 6.45) is 2.00. The molecule has 7 heavy (non-hydrogen) atoms. The average molecular weight is 96.1 g/mol. The molecule has 2 aliphatic rings. The average Bonchev–Trinajstić information content (AvgIpc) is 2.26. The summed E-state index contributed by atoms with van der Waals surface area (Å²) >= 11 is 0. The van der Waals surface area contributed by atoms with Crippen LogP contribution in [0, 0.1) is 11.8 Å². The van der Waals surface area contributed by atoms with Gasteiger partial charge in [-0.05, 0) is 0 Å². The zero-order valence-corrected chi connectivity index (χ0v) is 4.04. The highest BCUT2D eigenvalue weighted by atomic mass is 14.9. The van der Waals surface area contributed by atoms with Crippen LogP contribution >= 0.6 is 0 Å². The standard InChI is InChI=1S/C5H8N2/c6-5-3-1-7-2-4(3)5/h1,3-5H,2,6H2/t3-,4+,5?/m1/s1. The lowest BCUT2D eigenvalue weighted by Gasteiger charge is -1.83. The van der Waals surface area contributed by atoms with Crippen molar-refractivity contribution in [3.05, 3.63) is 0 Å². The molecule has 0 amide bonds. The molecule has 1 unspecified atom stereocenters. The third-order valence-corrected chi connectivity index (χ3v) is 1.89. The molecule has 0 spiro atoms. The minimum Gasteiger partial charge on any atom is -0.327 e. The first-order valence-corrected chi connectivity index (χ1v) is 2.65. The Morgan fingerprint density at radius 3 is 2.86 bits per heavy atom. The van der Waals surface area contributed by atoms with Crippen LogP contribution in [0.3, 0.4) is 0 Å². The Kier molecular flexibility index (Phi) is 0.460. The van der Waals surface area contributed by atoms with Gasteiger partial charge in [0, 0.05) is 30.6 Å². The van der Waals surface area contributed by atoms with Crippen LogP contribution in [0.15, 0.2) is 4.99 Å². The van der Waals surface area contributed by atoms with Gasteiger partial charge in [0.25, 0.3) is 0 Å². The van der Waals surface area contributed by atoms with E-state index in [9.17, 15) is 0 Å². The third kappa shape index (κ3) is 0.304. The molecule has 2 N–H and O–H groups in total. The monoisotopic (exact) mass is 96.1 g/mol. The highest BCUT2D eigenvalue weighted by Crippen LogP contribution is 2.39. The summed E-state index contributed by atoms with van der Waals surface area (Å²) in [7, 11) is 0. The van der Waals surface area contributed by atoms with E-state index in [2.05, 4.69) is 4.99 Å². The van der Waals surface area contributed by atoms with Crippen molar-refractivity contribution in [2.24, 2.45) is 22.6 Å². The van der Waals surface area contributed by atoms with Gasteiger partial charge >= 0.3 is 0 Å². The van der Waals surface area contributed by atoms with Crippen LogP contribution in [0.2, 0.25) is 0 Å². The number of nitrogens with two attached hydrogens (primary N) is 1. The van der Waals surface area contributed by atoms with Gasteiger partial charge in [-0.1, -0.05) is 0 Å². The lowest BCUT2D eigenvalue weighted by molar-refractivity contribution is 0.814. The molecule has 1 fully saturated rings. The maximum atomic E-state index is 5.58. The molecule has 1 aliphatic heterocycles. The van der Waals surface area contributed by atoms with Gasteiger partial charge in [-0.15, -0.1) is 0 Å². The predicted octanol–water partition coefficient (Wildman–Crippen LogP) is -0.356. The second-order valence-electron chi connectivity index (χ2n) is 2.33. The Labute approximate surface area is 42.4 Å². The summed E-state index contributed by atoms with van der Waals surface area (Å²) in [5.41, 5.74) is 5.58. The Hall–Kier alpha value is -0.370. The molecule has 2 nitrogen and oxygen atoms in total. The lowest BCUT2D eigenvalue weighted by atomic mass is 10.4. The van der Waals surface area contributed by atoms with Crippen LogP contribution < -0.4 is 5.73 Å². The normalized spacial score (nSPS) is 54.7. The second kappa shape index (κ2) is 0.892. The van der Waals surface area contributed by atoms with Gasteiger partial charge < -0.3 is 5.73 Å². The summed E-state index contributed by atoms with van der Waals surface area (Å²) in [6.45, 7) is 0.992. The molecule has 1 aliphatic carbocycles. The molecule has 3 atom stereocenters.